The third-order valence-corrected chi connectivity index (χ3v) is 4.86. The van der Waals surface area contributed by atoms with Crippen LogP contribution in [-0.4, -0.2) is 64.7 Å². The van der Waals surface area contributed by atoms with Crippen LogP contribution in [0.5, 0.6) is 5.75 Å². The summed E-state index contributed by atoms with van der Waals surface area (Å²) in [6.45, 7) is 3.98. The van der Waals surface area contributed by atoms with Gasteiger partial charge in [0.25, 0.3) is 0 Å². The molecule has 1 aromatic carbocycles. The topological polar surface area (TPSA) is 85.0 Å². The first kappa shape index (κ1) is 17.7. The molecule has 1 aromatic heterocycles. The Hall–Kier alpha value is -2.10. The Kier molecular flexibility index (Phi) is 5.90. The first-order valence-corrected chi connectivity index (χ1v) is 8.88. The van der Waals surface area contributed by atoms with Crippen molar-refractivity contribution < 1.29 is 19.0 Å². The maximum absolute atomic E-state index is 11.9. The lowest BCUT2D eigenvalue weighted by atomic mass is 10.2. The van der Waals surface area contributed by atoms with Crippen LogP contribution in [0.4, 0.5) is 15.6 Å². The molecule has 1 aliphatic heterocycles. The maximum atomic E-state index is 11.9. The van der Waals surface area contributed by atoms with Gasteiger partial charge in [-0.2, -0.15) is 0 Å². The number of thiazole rings is 1. The number of morpholine rings is 1. The number of hydrogen-bond acceptors (Lipinski definition) is 7. The van der Waals surface area contributed by atoms with E-state index in [1.54, 1.807) is 14.2 Å². The van der Waals surface area contributed by atoms with Gasteiger partial charge in [-0.05, 0) is 12.1 Å². The van der Waals surface area contributed by atoms with Gasteiger partial charge in [-0.1, -0.05) is 11.3 Å². The zero-order valence-electron chi connectivity index (χ0n) is 14.3. The van der Waals surface area contributed by atoms with E-state index in [9.17, 15) is 4.79 Å². The van der Waals surface area contributed by atoms with Crippen molar-refractivity contribution in [2.75, 3.05) is 63.9 Å². The number of ether oxygens (including phenoxy) is 3. The Labute approximate surface area is 150 Å². The molecule has 0 saturated carbocycles. The molecule has 0 radical (unpaired) electrons. The van der Waals surface area contributed by atoms with E-state index in [0.717, 1.165) is 29.0 Å². The van der Waals surface area contributed by atoms with Crippen molar-refractivity contribution in [1.82, 2.24) is 10.3 Å². The number of amides is 2. The highest BCUT2D eigenvalue weighted by atomic mass is 32.1. The smallest absolute Gasteiger partial charge is 0.321 e. The van der Waals surface area contributed by atoms with Gasteiger partial charge in [-0.15, -0.1) is 0 Å². The van der Waals surface area contributed by atoms with E-state index in [2.05, 4.69) is 20.5 Å². The summed E-state index contributed by atoms with van der Waals surface area (Å²) in [5.74, 6) is 0.691. The molecule has 1 saturated heterocycles. The van der Waals surface area contributed by atoms with E-state index >= 15 is 0 Å². The highest BCUT2D eigenvalue weighted by Crippen LogP contribution is 2.39. The van der Waals surface area contributed by atoms with Crippen LogP contribution >= 0.6 is 11.3 Å². The van der Waals surface area contributed by atoms with Gasteiger partial charge in [-0.25, -0.2) is 9.78 Å². The van der Waals surface area contributed by atoms with E-state index in [1.165, 1.54) is 11.3 Å². The zero-order chi connectivity index (χ0) is 17.6. The van der Waals surface area contributed by atoms with Crippen molar-refractivity contribution in [3.8, 4) is 5.75 Å². The maximum Gasteiger partial charge on any atom is 0.321 e. The Morgan fingerprint density at radius 1 is 1.36 bits per heavy atom. The molecule has 0 atom stereocenters. The van der Waals surface area contributed by atoms with Crippen LogP contribution in [0, 0.1) is 0 Å². The van der Waals surface area contributed by atoms with Gasteiger partial charge in [0.15, 0.2) is 5.13 Å². The number of carbonyl (C=O) groups is 1. The van der Waals surface area contributed by atoms with Crippen molar-refractivity contribution in [2.45, 2.75) is 0 Å². The van der Waals surface area contributed by atoms with E-state index < -0.39 is 0 Å². The molecule has 2 aromatic rings. The van der Waals surface area contributed by atoms with Crippen LogP contribution in [0.1, 0.15) is 0 Å². The highest BCUT2D eigenvalue weighted by molar-refractivity contribution is 7.23. The number of fused-ring (bicyclic) bond motifs is 1. The van der Waals surface area contributed by atoms with Gasteiger partial charge in [0.1, 0.15) is 11.3 Å². The van der Waals surface area contributed by atoms with E-state index in [-0.39, 0.29) is 6.03 Å². The monoisotopic (exact) mass is 366 g/mol. The third-order valence-electron chi connectivity index (χ3n) is 3.87. The number of methoxy groups -OCH3 is 2. The quantitative estimate of drug-likeness (QED) is 0.760. The van der Waals surface area contributed by atoms with E-state index in [0.29, 0.717) is 37.2 Å². The lowest BCUT2D eigenvalue weighted by molar-refractivity contribution is 0.123. The van der Waals surface area contributed by atoms with Gasteiger partial charge in [0, 0.05) is 26.7 Å². The third kappa shape index (κ3) is 4.12. The normalized spacial score (nSPS) is 14.6. The van der Waals surface area contributed by atoms with Crippen LogP contribution in [0.2, 0.25) is 0 Å². The number of hydrogen-bond donors (Lipinski definition) is 2. The molecular formula is C16H22N4O4S. The minimum atomic E-state index is -0.303. The van der Waals surface area contributed by atoms with Crippen LogP contribution < -0.4 is 20.3 Å². The number of nitrogens with zero attached hydrogens (tertiary/aromatic N) is 2. The summed E-state index contributed by atoms with van der Waals surface area (Å²) in [4.78, 5) is 18.7. The molecule has 0 unspecified atom stereocenters. The van der Waals surface area contributed by atoms with Gasteiger partial charge in [0.05, 0.1) is 37.3 Å². The number of aromatic nitrogens is 1. The predicted molar refractivity (Wildman–Crippen MR) is 98.1 cm³/mol. The minimum absolute atomic E-state index is 0.303. The second kappa shape index (κ2) is 8.32. The summed E-state index contributed by atoms with van der Waals surface area (Å²) in [5.41, 5.74) is 1.84. The molecule has 0 bridgehead atoms. The number of rotatable bonds is 6. The fraction of sp³-hybridized carbons (Fsp3) is 0.500. The number of nitrogens with one attached hydrogen (secondary N) is 2. The average Bonchev–Trinajstić information content (AvgIpc) is 3.05. The largest absolute Gasteiger partial charge is 0.494 e. The van der Waals surface area contributed by atoms with Gasteiger partial charge in [0.2, 0.25) is 0 Å². The standard InChI is InChI=1S/C16H22N4O4S/c1-22-8-5-17-15(21)19-16-18-13-12(23-2)4-3-11(14(13)25-16)20-6-9-24-10-7-20/h3-4H,5-10H2,1-2H3,(H2,17,18,19,21). The fourth-order valence-corrected chi connectivity index (χ4v) is 3.67. The Balaban J connectivity index is 1.84. The van der Waals surface area contributed by atoms with Gasteiger partial charge < -0.3 is 24.4 Å². The van der Waals surface area contributed by atoms with Crippen LogP contribution in [0.15, 0.2) is 12.1 Å². The molecular weight excluding hydrogens is 344 g/mol. The molecule has 2 amide bonds. The first-order valence-electron chi connectivity index (χ1n) is 8.07. The van der Waals surface area contributed by atoms with Gasteiger partial charge in [-0.3, -0.25) is 5.32 Å². The lowest BCUT2D eigenvalue weighted by Gasteiger charge is -2.29. The number of carbonyl (C=O) groups excluding carboxylic acids is 1. The van der Waals surface area contributed by atoms with Crippen molar-refractivity contribution in [1.29, 1.82) is 0 Å². The van der Waals surface area contributed by atoms with Crippen molar-refractivity contribution in [3.63, 3.8) is 0 Å². The molecule has 1 aliphatic rings. The Bertz CT molecular complexity index is 730. The van der Waals surface area contributed by atoms with Crippen LogP contribution in [0.3, 0.4) is 0 Å². The summed E-state index contributed by atoms with van der Waals surface area (Å²) in [7, 11) is 3.21. The summed E-state index contributed by atoms with van der Waals surface area (Å²) >= 11 is 1.44. The average molecular weight is 366 g/mol. The molecule has 0 aliphatic carbocycles. The minimum Gasteiger partial charge on any atom is -0.494 e. The van der Waals surface area contributed by atoms with E-state index in [4.69, 9.17) is 14.2 Å². The fourth-order valence-electron chi connectivity index (χ4n) is 2.65. The van der Waals surface area contributed by atoms with Crippen molar-refractivity contribution in [2.24, 2.45) is 0 Å². The molecule has 25 heavy (non-hydrogen) atoms. The lowest BCUT2D eigenvalue weighted by Crippen LogP contribution is -2.36. The number of urea groups is 1. The molecule has 3 rings (SSSR count). The van der Waals surface area contributed by atoms with Crippen LogP contribution in [-0.2, 0) is 9.47 Å². The molecule has 8 nitrogen and oxygen atoms in total. The Morgan fingerprint density at radius 2 is 2.16 bits per heavy atom. The predicted octanol–water partition coefficient (Wildman–Crippen LogP) is 1.91. The van der Waals surface area contributed by atoms with Crippen molar-refractivity contribution in [3.05, 3.63) is 12.1 Å². The first-order chi connectivity index (χ1) is 12.2. The number of benzene rings is 1. The van der Waals surface area contributed by atoms with E-state index in [1.807, 2.05) is 12.1 Å². The zero-order valence-corrected chi connectivity index (χ0v) is 15.1. The second-order valence-electron chi connectivity index (χ2n) is 5.46. The molecule has 0 spiro atoms. The van der Waals surface area contributed by atoms with Crippen LogP contribution in [0.25, 0.3) is 10.2 Å². The highest BCUT2D eigenvalue weighted by Gasteiger charge is 2.19. The number of anilines is 2. The Morgan fingerprint density at radius 3 is 2.88 bits per heavy atom. The molecule has 2 heterocycles. The molecule has 136 valence electrons. The molecule has 1 fully saturated rings. The summed E-state index contributed by atoms with van der Waals surface area (Å²) in [6, 6.07) is 3.64. The molecule has 9 heteroatoms. The van der Waals surface area contributed by atoms with Crippen molar-refractivity contribution >= 4 is 38.4 Å². The summed E-state index contributed by atoms with van der Waals surface area (Å²) in [5, 5.41) is 6.02. The SMILES string of the molecule is COCCNC(=O)Nc1nc2c(OC)ccc(N3CCOCC3)c2s1. The van der Waals surface area contributed by atoms with Gasteiger partial charge >= 0.3 is 6.03 Å². The second-order valence-corrected chi connectivity index (χ2v) is 6.46. The summed E-state index contributed by atoms with van der Waals surface area (Å²) in [6.07, 6.45) is 0. The molecule has 2 N–H and O–H groups in total. The summed E-state index contributed by atoms with van der Waals surface area (Å²) < 4.78 is 16.8.